The second kappa shape index (κ2) is 10.3. The van der Waals surface area contributed by atoms with Crippen LogP contribution in [0, 0.1) is 5.82 Å². The summed E-state index contributed by atoms with van der Waals surface area (Å²) in [5.74, 6) is -1.78. The Morgan fingerprint density at radius 2 is 1.76 bits per heavy atom. The molecule has 1 N–H and O–H groups in total. The standard InChI is InChI=1S/C27H25FN2O4/c1-2-3-6-17-34-21-14-8-18(9-15-21)25(31)23-24(22-7-4-5-16-29-22)30(27(33)26(23)32)20-12-10-19(28)11-13-20/h4-5,7-16,24,31H,2-3,6,17H2,1H3/b25-23-. The van der Waals surface area contributed by atoms with Gasteiger partial charge < -0.3 is 9.84 Å². The third-order valence-electron chi connectivity index (χ3n) is 5.66. The first-order valence-corrected chi connectivity index (χ1v) is 11.2. The Morgan fingerprint density at radius 3 is 2.41 bits per heavy atom. The van der Waals surface area contributed by atoms with Crippen LogP contribution >= 0.6 is 0 Å². The number of carbonyl (C=O) groups is 2. The molecule has 2 heterocycles. The molecule has 1 amide bonds. The summed E-state index contributed by atoms with van der Waals surface area (Å²) in [5.41, 5.74) is 1.03. The van der Waals surface area contributed by atoms with E-state index in [0.29, 0.717) is 29.3 Å². The van der Waals surface area contributed by atoms with Gasteiger partial charge in [0.2, 0.25) is 0 Å². The van der Waals surface area contributed by atoms with Gasteiger partial charge in [0.1, 0.15) is 23.4 Å². The predicted molar refractivity (Wildman–Crippen MR) is 127 cm³/mol. The van der Waals surface area contributed by atoms with Crippen LogP contribution in [0.15, 0.2) is 78.5 Å². The normalized spacial score (nSPS) is 17.2. The molecule has 3 aromatic rings. The second-order valence-corrected chi connectivity index (χ2v) is 7.98. The van der Waals surface area contributed by atoms with Gasteiger partial charge in [-0.15, -0.1) is 0 Å². The van der Waals surface area contributed by atoms with E-state index in [4.69, 9.17) is 4.74 Å². The summed E-state index contributed by atoms with van der Waals surface area (Å²) >= 11 is 0. The maximum absolute atomic E-state index is 13.5. The Kier molecular flexibility index (Phi) is 7.01. The number of hydrogen-bond acceptors (Lipinski definition) is 5. The molecule has 2 aromatic carbocycles. The first kappa shape index (κ1) is 23.2. The second-order valence-electron chi connectivity index (χ2n) is 7.98. The lowest BCUT2D eigenvalue weighted by molar-refractivity contribution is -0.132. The van der Waals surface area contributed by atoms with Gasteiger partial charge in [-0.05, 0) is 67.1 Å². The van der Waals surface area contributed by atoms with Crippen LogP contribution in [0.1, 0.15) is 43.5 Å². The lowest BCUT2D eigenvalue weighted by Gasteiger charge is -2.24. The molecule has 6 nitrogen and oxygen atoms in total. The zero-order valence-corrected chi connectivity index (χ0v) is 18.8. The molecule has 1 atom stereocenters. The van der Waals surface area contributed by atoms with E-state index in [0.717, 1.165) is 19.3 Å². The van der Waals surface area contributed by atoms with E-state index in [1.165, 1.54) is 29.2 Å². The van der Waals surface area contributed by atoms with Gasteiger partial charge in [-0.1, -0.05) is 25.8 Å². The number of nitrogens with zero attached hydrogens (tertiary/aromatic N) is 2. The van der Waals surface area contributed by atoms with Crippen LogP contribution in [-0.4, -0.2) is 28.4 Å². The molecule has 1 unspecified atom stereocenters. The minimum Gasteiger partial charge on any atom is -0.507 e. The van der Waals surface area contributed by atoms with Gasteiger partial charge in [-0.3, -0.25) is 19.5 Å². The van der Waals surface area contributed by atoms with Crippen molar-refractivity contribution in [1.82, 2.24) is 4.98 Å². The highest BCUT2D eigenvalue weighted by molar-refractivity contribution is 6.51. The molecule has 0 saturated carbocycles. The van der Waals surface area contributed by atoms with Gasteiger partial charge in [-0.2, -0.15) is 0 Å². The number of ketones is 1. The number of anilines is 1. The summed E-state index contributed by atoms with van der Waals surface area (Å²) in [7, 11) is 0. The number of aromatic nitrogens is 1. The summed E-state index contributed by atoms with van der Waals surface area (Å²) in [6.45, 7) is 2.72. The predicted octanol–water partition coefficient (Wildman–Crippen LogP) is 5.42. The molecular formula is C27H25FN2O4. The molecule has 1 aliphatic rings. The monoisotopic (exact) mass is 460 g/mol. The minimum atomic E-state index is -0.961. The van der Waals surface area contributed by atoms with Gasteiger partial charge >= 0.3 is 0 Å². The van der Waals surface area contributed by atoms with Crippen molar-refractivity contribution in [2.24, 2.45) is 0 Å². The van der Waals surface area contributed by atoms with E-state index >= 15 is 0 Å². The maximum Gasteiger partial charge on any atom is 0.300 e. The highest BCUT2D eigenvalue weighted by Gasteiger charge is 2.47. The summed E-state index contributed by atoms with van der Waals surface area (Å²) < 4.78 is 19.2. The Hall–Kier alpha value is -4.00. The average molecular weight is 461 g/mol. The number of unbranched alkanes of at least 4 members (excludes halogenated alkanes) is 2. The maximum atomic E-state index is 13.5. The Bertz CT molecular complexity index is 1190. The lowest BCUT2D eigenvalue weighted by Crippen LogP contribution is -2.29. The van der Waals surface area contributed by atoms with Crippen LogP contribution in [-0.2, 0) is 9.59 Å². The smallest absolute Gasteiger partial charge is 0.300 e. The van der Waals surface area contributed by atoms with Gasteiger partial charge in [0.05, 0.1) is 17.9 Å². The first-order valence-electron chi connectivity index (χ1n) is 11.2. The molecule has 1 saturated heterocycles. The van der Waals surface area contributed by atoms with Crippen molar-refractivity contribution in [3.05, 3.63) is 95.6 Å². The van der Waals surface area contributed by atoms with E-state index in [-0.39, 0.29) is 11.3 Å². The molecule has 0 aliphatic carbocycles. The molecule has 0 bridgehead atoms. The molecular weight excluding hydrogens is 435 g/mol. The molecule has 4 rings (SSSR count). The van der Waals surface area contributed by atoms with E-state index < -0.39 is 23.5 Å². The van der Waals surface area contributed by atoms with Gasteiger partial charge in [0.15, 0.2) is 0 Å². The Balaban J connectivity index is 1.73. The van der Waals surface area contributed by atoms with Crippen molar-refractivity contribution in [1.29, 1.82) is 0 Å². The molecule has 7 heteroatoms. The number of Topliss-reactive ketones (excluding diaryl/α,β-unsaturated/α-hetero) is 1. The number of halogens is 1. The van der Waals surface area contributed by atoms with Crippen LogP contribution < -0.4 is 9.64 Å². The van der Waals surface area contributed by atoms with Crippen LogP contribution in [0.3, 0.4) is 0 Å². The highest BCUT2D eigenvalue weighted by Crippen LogP contribution is 2.41. The van der Waals surface area contributed by atoms with Crippen molar-refractivity contribution in [3.8, 4) is 5.75 Å². The van der Waals surface area contributed by atoms with Gasteiger partial charge in [-0.25, -0.2) is 4.39 Å². The number of pyridine rings is 1. The van der Waals surface area contributed by atoms with Crippen LogP contribution in [0.5, 0.6) is 5.75 Å². The van der Waals surface area contributed by atoms with E-state index in [2.05, 4.69) is 11.9 Å². The number of benzene rings is 2. The Morgan fingerprint density at radius 1 is 1.03 bits per heavy atom. The number of ether oxygens (including phenoxy) is 1. The number of aliphatic hydroxyl groups is 1. The van der Waals surface area contributed by atoms with Crippen molar-refractivity contribution < 1.29 is 23.8 Å². The third-order valence-corrected chi connectivity index (χ3v) is 5.66. The van der Waals surface area contributed by atoms with Crippen molar-refractivity contribution >= 4 is 23.1 Å². The molecule has 0 radical (unpaired) electrons. The average Bonchev–Trinajstić information content (AvgIpc) is 3.13. The summed E-state index contributed by atoms with van der Waals surface area (Å²) in [6.07, 6.45) is 4.68. The van der Waals surface area contributed by atoms with Crippen LogP contribution in [0.2, 0.25) is 0 Å². The number of hydrogen-bond donors (Lipinski definition) is 1. The van der Waals surface area contributed by atoms with E-state index in [9.17, 15) is 19.1 Å². The number of rotatable bonds is 8. The fourth-order valence-corrected chi connectivity index (χ4v) is 3.92. The Labute approximate surface area is 197 Å². The molecule has 1 fully saturated rings. The number of amides is 1. The minimum absolute atomic E-state index is 0.0790. The van der Waals surface area contributed by atoms with Crippen molar-refractivity contribution in [2.75, 3.05) is 11.5 Å². The summed E-state index contributed by atoms with van der Waals surface area (Å²) in [4.78, 5) is 31.7. The summed E-state index contributed by atoms with van der Waals surface area (Å²) in [5, 5.41) is 11.1. The fraction of sp³-hybridized carbons (Fsp3) is 0.222. The summed E-state index contributed by atoms with van der Waals surface area (Å²) in [6, 6.07) is 16.1. The van der Waals surface area contributed by atoms with Crippen molar-refractivity contribution in [3.63, 3.8) is 0 Å². The van der Waals surface area contributed by atoms with E-state index in [1.807, 2.05) is 0 Å². The molecule has 34 heavy (non-hydrogen) atoms. The quantitative estimate of drug-likeness (QED) is 0.210. The molecule has 1 aromatic heterocycles. The van der Waals surface area contributed by atoms with Gasteiger partial charge in [0, 0.05) is 17.4 Å². The van der Waals surface area contributed by atoms with Crippen LogP contribution in [0.4, 0.5) is 10.1 Å². The number of aliphatic hydroxyl groups excluding tert-OH is 1. The third kappa shape index (κ3) is 4.69. The molecule has 1 aliphatic heterocycles. The SMILES string of the molecule is CCCCCOc1ccc(/C(O)=C2/C(=O)C(=O)N(c3ccc(F)cc3)C2c2ccccn2)cc1. The number of carbonyl (C=O) groups excluding carboxylic acids is 2. The van der Waals surface area contributed by atoms with E-state index in [1.54, 1.807) is 48.7 Å². The topological polar surface area (TPSA) is 79.7 Å². The first-order chi connectivity index (χ1) is 16.5. The van der Waals surface area contributed by atoms with Crippen molar-refractivity contribution in [2.45, 2.75) is 32.2 Å². The van der Waals surface area contributed by atoms with Crippen LogP contribution in [0.25, 0.3) is 5.76 Å². The zero-order chi connectivity index (χ0) is 24.1. The molecule has 0 spiro atoms. The highest BCUT2D eigenvalue weighted by atomic mass is 19.1. The molecule has 174 valence electrons. The fourth-order valence-electron chi connectivity index (χ4n) is 3.92. The lowest BCUT2D eigenvalue weighted by atomic mass is 9.98. The zero-order valence-electron chi connectivity index (χ0n) is 18.8. The van der Waals surface area contributed by atoms with Gasteiger partial charge in [0.25, 0.3) is 11.7 Å². The largest absolute Gasteiger partial charge is 0.507 e.